The number of hydrogen-bond donors (Lipinski definition) is 1. The summed E-state index contributed by atoms with van der Waals surface area (Å²) in [6.07, 6.45) is 0. The molecule has 0 bridgehead atoms. The number of halogens is 1. The van der Waals surface area contributed by atoms with Crippen LogP contribution < -0.4 is 5.32 Å². The first-order chi connectivity index (χ1) is 15.5. The van der Waals surface area contributed by atoms with E-state index in [1.54, 1.807) is 16.8 Å². The first kappa shape index (κ1) is 20.0. The summed E-state index contributed by atoms with van der Waals surface area (Å²) in [4.78, 5) is 12.8. The topological polar surface area (TPSA) is 85.8 Å². The minimum Gasteiger partial charge on any atom is -0.355 e. The monoisotopic (exact) mass is 443 g/mol. The number of nitrogens with one attached hydrogen (secondary N) is 1. The van der Waals surface area contributed by atoms with E-state index >= 15 is 0 Å². The number of rotatable bonds is 4. The molecule has 0 fully saturated rings. The maximum absolute atomic E-state index is 12.8. The van der Waals surface area contributed by atoms with Crippen LogP contribution in [0.15, 0.2) is 71.3 Å². The molecule has 0 spiro atoms. The zero-order valence-electron chi connectivity index (χ0n) is 17.3. The lowest BCUT2D eigenvalue weighted by atomic mass is 10.1. The highest BCUT2D eigenvalue weighted by atomic mass is 35.5. The van der Waals surface area contributed by atoms with Crippen molar-refractivity contribution in [2.75, 3.05) is 5.32 Å². The van der Waals surface area contributed by atoms with Crippen molar-refractivity contribution in [3.63, 3.8) is 0 Å². The second-order valence-electron chi connectivity index (χ2n) is 7.42. The summed E-state index contributed by atoms with van der Waals surface area (Å²) in [5.41, 5.74) is 4.92. The third-order valence-corrected chi connectivity index (χ3v) is 5.57. The van der Waals surface area contributed by atoms with Gasteiger partial charge in [0.2, 0.25) is 0 Å². The molecule has 7 nitrogen and oxygen atoms in total. The maximum atomic E-state index is 12.8. The number of anilines is 1. The molecule has 5 rings (SSSR count). The van der Waals surface area contributed by atoms with Crippen LogP contribution in [-0.2, 0) is 0 Å². The van der Waals surface area contributed by atoms with Gasteiger partial charge in [0.1, 0.15) is 5.52 Å². The Balaban J connectivity index is 1.50. The average molecular weight is 444 g/mol. The summed E-state index contributed by atoms with van der Waals surface area (Å²) in [5.74, 6) is 0.324. The Labute approximate surface area is 188 Å². The molecule has 3 aromatic carbocycles. The van der Waals surface area contributed by atoms with Crippen LogP contribution in [0.5, 0.6) is 0 Å². The van der Waals surface area contributed by atoms with Crippen LogP contribution in [0, 0.1) is 13.8 Å². The van der Waals surface area contributed by atoms with Crippen molar-refractivity contribution in [2.45, 2.75) is 13.8 Å². The number of hydrogen-bond acceptors (Lipinski definition) is 5. The molecule has 8 heteroatoms. The number of aromatic nitrogens is 4. The Morgan fingerprint density at radius 1 is 1.03 bits per heavy atom. The molecule has 1 N–H and O–H groups in total. The molecule has 5 aromatic rings. The molecule has 0 aliphatic carbocycles. The standard InChI is InChI=1S/C24H18ClN5O2/c1-14-5-3-4-6-20(14)26-24(31)22-15(2)30(29-27-22)18-11-12-21-19(13-18)23(32-28-21)16-7-9-17(25)10-8-16/h3-13H,1-2H3,(H,26,31). The Morgan fingerprint density at radius 2 is 1.81 bits per heavy atom. The van der Waals surface area contributed by atoms with Gasteiger partial charge >= 0.3 is 0 Å². The highest BCUT2D eigenvalue weighted by Gasteiger charge is 2.19. The molecule has 0 aliphatic rings. The molecule has 0 saturated heterocycles. The number of aryl methyl sites for hydroxylation is 1. The van der Waals surface area contributed by atoms with Crippen LogP contribution in [0.2, 0.25) is 5.02 Å². The molecule has 32 heavy (non-hydrogen) atoms. The van der Waals surface area contributed by atoms with Crippen LogP contribution in [0.1, 0.15) is 21.7 Å². The molecular formula is C24H18ClN5O2. The first-order valence-electron chi connectivity index (χ1n) is 9.96. The minimum absolute atomic E-state index is 0.261. The zero-order chi connectivity index (χ0) is 22.2. The van der Waals surface area contributed by atoms with Crippen molar-refractivity contribution in [3.05, 3.63) is 88.7 Å². The highest BCUT2D eigenvalue weighted by Crippen LogP contribution is 2.31. The fourth-order valence-electron chi connectivity index (χ4n) is 3.55. The summed E-state index contributed by atoms with van der Waals surface area (Å²) in [6, 6.07) is 20.6. The Kier molecular flexibility index (Phi) is 4.95. The van der Waals surface area contributed by atoms with E-state index in [1.165, 1.54) is 0 Å². The van der Waals surface area contributed by atoms with Crippen molar-refractivity contribution >= 4 is 34.1 Å². The third kappa shape index (κ3) is 3.52. The number of carbonyl (C=O) groups is 1. The average Bonchev–Trinajstić information content (AvgIpc) is 3.39. The molecule has 2 aromatic heterocycles. The van der Waals surface area contributed by atoms with Crippen molar-refractivity contribution in [1.29, 1.82) is 0 Å². The van der Waals surface area contributed by atoms with Gasteiger partial charge in [-0.2, -0.15) is 0 Å². The molecule has 0 unspecified atom stereocenters. The van der Waals surface area contributed by atoms with E-state index in [9.17, 15) is 4.79 Å². The van der Waals surface area contributed by atoms with Crippen LogP contribution >= 0.6 is 11.6 Å². The molecule has 0 aliphatic heterocycles. The Bertz CT molecular complexity index is 1450. The van der Waals surface area contributed by atoms with E-state index in [-0.39, 0.29) is 11.6 Å². The second-order valence-corrected chi connectivity index (χ2v) is 7.86. The van der Waals surface area contributed by atoms with Crippen molar-refractivity contribution < 1.29 is 9.32 Å². The molecule has 0 radical (unpaired) electrons. The van der Waals surface area contributed by atoms with Crippen molar-refractivity contribution in [1.82, 2.24) is 20.2 Å². The number of amides is 1. The third-order valence-electron chi connectivity index (χ3n) is 5.31. The predicted octanol–water partition coefficient (Wildman–Crippen LogP) is 5.60. The van der Waals surface area contributed by atoms with Gasteiger partial charge in [-0.3, -0.25) is 4.79 Å². The fourth-order valence-corrected chi connectivity index (χ4v) is 3.68. The van der Waals surface area contributed by atoms with E-state index in [2.05, 4.69) is 20.8 Å². The predicted molar refractivity (Wildman–Crippen MR) is 123 cm³/mol. The molecule has 158 valence electrons. The van der Waals surface area contributed by atoms with Gasteiger partial charge in [0.05, 0.1) is 16.8 Å². The number of fused-ring (bicyclic) bond motifs is 1. The van der Waals surface area contributed by atoms with Crippen LogP contribution in [0.25, 0.3) is 27.9 Å². The number of nitrogens with zero attached hydrogens (tertiary/aromatic N) is 4. The molecule has 2 heterocycles. The maximum Gasteiger partial charge on any atom is 0.278 e. The minimum atomic E-state index is -0.309. The van der Waals surface area contributed by atoms with Gasteiger partial charge in [0.25, 0.3) is 5.91 Å². The van der Waals surface area contributed by atoms with Gasteiger partial charge in [-0.15, -0.1) is 5.10 Å². The summed E-state index contributed by atoms with van der Waals surface area (Å²) in [5, 5.41) is 16.9. The molecular weight excluding hydrogens is 426 g/mol. The second kappa shape index (κ2) is 7.94. The SMILES string of the molecule is Cc1ccccc1NC(=O)c1nnn(-c2ccc3noc(-c4ccc(Cl)cc4)c3c2)c1C. The van der Waals surface area contributed by atoms with Crippen molar-refractivity contribution in [2.24, 2.45) is 0 Å². The van der Waals surface area contributed by atoms with E-state index in [1.807, 2.05) is 68.4 Å². The number of carbonyl (C=O) groups excluding carboxylic acids is 1. The van der Waals surface area contributed by atoms with Crippen LogP contribution in [0.4, 0.5) is 5.69 Å². The highest BCUT2D eigenvalue weighted by molar-refractivity contribution is 6.30. The van der Waals surface area contributed by atoms with Gasteiger partial charge in [-0.1, -0.05) is 40.2 Å². The van der Waals surface area contributed by atoms with Crippen molar-refractivity contribution in [3.8, 4) is 17.0 Å². The normalized spacial score (nSPS) is 11.1. The Hall–Kier alpha value is -3.97. The lowest BCUT2D eigenvalue weighted by Crippen LogP contribution is -2.15. The number of benzene rings is 3. The Morgan fingerprint density at radius 3 is 2.59 bits per heavy atom. The van der Waals surface area contributed by atoms with Gasteiger partial charge in [-0.05, 0) is 67.9 Å². The van der Waals surface area contributed by atoms with E-state index in [4.69, 9.17) is 16.1 Å². The number of para-hydroxylation sites is 1. The molecule has 0 saturated carbocycles. The first-order valence-corrected chi connectivity index (χ1v) is 10.3. The lowest BCUT2D eigenvalue weighted by molar-refractivity contribution is 0.102. The molecule has 1 amide bonds. The van der Waals surface area contributed by atoms with Gasteiger partial charge in [0.15, 0.2) is 11.5 Å². The van der Waals surface area contributed by atoms with Gasteiger partial charge in [0, 0.05) is 16.3 Å². The fraction of sp³-hybridized carbons (Fsp3) is 0.0833. The summed E-state index contributed by atoms with van der Waals surface area (Å²) < 4.78 is 7.21. The summed E-state index contributed by atoms with van der Waals surface area (Å²) in [7, 11) is 0. The van der Waals surface area contributed by atoms with Crippen LogP contribution in [-0.4, -0.2) is 26.1 Å². The quantitative estimate of drug-likeness (QED) is 0.391. The van der Waals surface area contributed by atoms with Crippen LogP contribution in [0.3, 0.4) is 0 Å². The lowest BCUT2D eigenvalue weighted by Gasteiger charge is -2.07. The van der Waals surface area contributed by atoms with Gasteiger partial charge < -0.3 is 9.84 Å². The summed E-state index contributed by atoms with van der Waals surface area (Å²) >= 11 is 6.00. The van der Waals surface area contributed by atoms with Gasteiger partial charge in [-0.25, -0.2) is 4.68 Å². The smallest absolute Gasteiger partial charge is 0.278 e. The molecule has 0 atom stereocenters. The van der Waals surface area contributed by atoms with E-state index in [0.29, 0.717) is 22.0 Å². The van der Waals surface area contributed by atoms with E-state index < -0.39 is 0 Å². The van der Waals surface area contributed by atoms with E-state index in [0.717, 1.165) is 27.9 Å². The summed E-state index contributed by atoms with van der Waals surface area (Å²) in [6.45, 7) is 3.75. The largest absolute Gasteiger partial charge is 0.355 e. The zero-order valence-corrected chi connectivity index (χ0v) is 18.1.